The van der Waals surface area contributed by atoms with Gasteiger partial charge in [-0.05, 0) is 0 Å². The van der Waals surface area contributed by atoms with Gasteiger partial charge < -0.3 is 10.6 Å². The first-order valence-electron chi connectivity index (χ1n) is 4.38. The van der Waals surface area contributed by atoms with Gasteiger partial charge in [0, 0.05) is 0 Å². The van der Waals surface area contributed by atoms with Crippen molar-refractivity contribution >= 4 is 0 Å². The quantitative estimate of drug-likeness (QED) is 0.533. The Hall–Kier alpha value is 0.517. The average molecular weight is 163 g/mol. The van der Waals surface area contributed by atoms with Crippen molar-refractivity contribution in [3.8, 4) is 0 Å². The van der Waals surface area contributed by atoms with Gasteiger partial charge in [-0.3, -0.25) is 0 Å². The third kappa shape index (κ3) is 8.61. The number of nitrogens with zero attached hydrogens (tertiary/aromatic N) is 2. The van der Waals surface area contributed by atoms with Crippen molar-refractivity contribution in [2.45, 2.75) is 52.7 Å². The van der Waals surface area contributed by atoms with Crippen LogP contribution in [-0.4, -0.2) is 18.2 Å². The van der Waals surface area contributed by atoms with Gasteiger partial charge in [-0.25, -0.2) is 6.17 Å². The molecule has 0 saturated heterocycles. The number of hydrogen-bond donors (Lipinski definition) is 0. The zero-order valence-electron chi connectivity index (χ0n) is 9.39. The molecule has 1 unspecified atom stereocenters. The van der Waals surface area contributed by atoms with Crippen molar-refractivity contribution < 1.29 is 18.9 Å². The zero-order valence-corrected chi connectivity index (χ0v) is 9.39. The molecule has 0 N–H and O–H groups in total. The van der Waals surface area contributed by atoms with Gasteiger partial charge in [-0.1, -0.05) is 41.0 Å². The van der Waals surface area contributed by atoms with Crippen LogP contribution >= 0.6 is 0 Å². The first kappa shape index (κ1) is 15.0. The SMILES string of the molecule is CC[N-]C(CC)[N-]C(C)(C)C.[Li+]. The van der Waals surface area contributed by atoms with Crippen LogP contribution in [0.15, 0.2) is 0 Å². The molecule has 0 aromatic rings. The van der Waals surface area contributed by atoms with E-state index in [1.165, 1.54) is 0 Å². The van der Waals surface area contributed by atoms with E-state index in [0.29, 0.717) is 0 Å². The van der Waals surface area contributed by atoms with Gasteiger partial charge in [0.15, 0.2) is 0 Å². The Kier molecular flexibility index (Phi) is 8.72. The van der Waals surface area contributed by atoms with Crippen LogP contribution in [0.5, 0.6) is 0 Å². The normalized spacial score (nSPS) is 13.8. The molecule has 0 amide bonds. The Bertz CT molecular complexity index is 99.2. The Morgan fingerprint density at radius 1 is 1.17 bits per heavy atom. The van der Waals surface area contributed by atoms with Crippen LogP contribution in [0.4, 0.5) is 0 Å². The second-order valence-electron chi connectivity index (χ2n) is 3.69. The molecule has 0 bridgehead atoms. The minimum absolute atomic E-state index is 0. The molecule has 0 saturated carbocycles. The van der Waals surface area contributed by atoms with Crippen LogP contribution in [0.3, 0.4) is 0 Å². The van der Waals surface area contributed by atoms with E-state index in [0.717, 1.165) is 13.0 Å². The maximum atomic E-state index is 4.55. The van der Waals surface area contributed by atoms with E-state index in [2.05, 4.69) is 45.3 Å². The molecular formula is C9H20LiN2-. The minimum Gasteiger partial charge on any atom is -0.678 e. The molecule has 0 spiro atoms. The fourth-order valence-electron chi connectivity index (χ4n) is 0.919. The van der Waals surface area contributed by atoms with Gasteiger partial charge in [-0.2, -0.15) is 6.54 Å². The van der Waals surface area contributed by atoms with Crippen molar-refractivity contribution in [3.05, 3.63) is 10.6 Å². The average Bonchev–Trinajstić information content (AvgIpc) is 1.84. The van der Waals surface area contributed by atoms with Gasteiger partial charge in [0.25, 0.3) is 0 Å². The molecule has 0 fully saturated rings. The van der Waals surface area contributed by atoms with Crippen LogP contribution in [0.1, 0.15) is 41.0 Å². The van der Waals surface area contributed by atoms with E-state index < -0.39 is 0 Å². The summed E-state index contributed by atoms with van der Waals surface area (Å²) in [5, 5.41) is 8.91. The molecule has 0 rings (SSSR count). The second-order valence-corrected chi connectivity index (χ2v) is 3.69. The second kappa shape index (κ2) is 6.97. The van der Waals surface area contributed by atoms with Crippen molar-refractivity contribution in [1.82, 2.24) is 0 Å². The fraction of sp³-hybridized carbons (Fsp3) is 1.00. The summed E-state index contributed by atoms with van der Waals surface area (Å²) in [6, 6.07) is 0. The van der Waals surface area contributed by atoms with Crippen LogP contribution in [0.2, 0.25) is 0 Å². The molecule has 0 radical (unpaired) electrons. The van der Waals surface area contributed by atoms with E-state index in [1.54, 1.807) is 0 Å². The summed E-state index contributed by atoms with van der Waals surface area (Å²) in [6.07, 6.45) is 1.23. The van der Waals surface area contributed by atoms with E-state index in [1.807, 2.05) is 0 Å². The topological polar surface area (TPSA) is 28.2 Å². The van der Waals surface area contributed by atoms with Gasteiger partial charge in [0.1, 0.15) is 0 Å². The van der Waals surface area contributed by atoms with Gasteiger partial charge >= 0.3 is 18.9 Å². The van der Waals surface area contributed by atoms with E-state index in [4.69, 9.17) is 0 Å². The first-order chi connectivity index (χ1) is 4.99. The van der Waals surface area contributed by atoms with Gasteiger partial charge in [0.2, 0.25) is 0 Å². The fourth-order valence-corrected chi connectivity index (χ4v) is 0.919. The molecule has 0 heterocycles. The van der Waals surface area contributed by atoms with Crippen LogP contribution < -0.4 is 18.9 Å². The summed E-state index contributed by atoms with van der Waals surface area (Å²) >= 11 is 0. The molecule has 3 heteroatoms. The third-order valence-corrected chi connectivity index (χ3v) is 1.29. The monoisotopic (exact) mass is 163 g/mol. The van der Waals surface area contributed by atoms with E-state index in [9.17, 15) is 0 Å². The van der Waals surface area contributed by atoms with Gasteiger partial charge in [-0.15, -0.1) is 5.54 Å². The summed E-state index contributed by atoms with van der Waals surface area (Å²) in [4.78, 5) is 0. The molecule has 0 aliphatic heterocycles. The van der Waals surface area contributed by atoms with E-state index in [-0.39, 0.29) is 30.6 Å². The summed E-state index contributed by atoms with van der Waals surface area (Å²) in [6.45, 7) is 11.4. The molecule has 1 atom stereocenters. The molecule has 68 valence electrons. The Balaban J connectivity index is 0. The third-order valence-electron chi connectivity index (χ3n) is 1.29. The molecule has 2 nitrogen and oxygen atoms in total. The summed E-state index contributed by atoms with van der Waals surface area (Å²) in [5.41, 5.74) is 0.0549. The molecule has 12 heavy (non-hydrogen) atoms. The molecule has 0 aromatic heterocycles. The minimum atomic E-state index is 0. The Labute approximate surface area is 89.1 Å². The van der Waals surface area contributed by atoms with Crippen LogP contribution in [0.25, 0.3) is 10.6 Å². The molecule has 0 aliphatic carbocycles. The summed E-state index contributed by atoms with van der Waals surface area (Å²) in [7, 11) is 0. The molecule has 0 aliphatic rings. The number of hydrogen-bond acceptors (Lipinski definition) is 0. The predicted octanol–water partition coefficient (Wildman–Crippen LogP) is 0.292. The summed E-state index contributed by atoms with van der Waals surface area (Å²) in [5.74, 6) is 0. The first-order valence-corrected chi connectivity index (χ1v) is 4.38. The zero-order chi connectivity index (χ0) is 8.91. The predicted molar refractivity (Wildman–Crippen MR) is 51.1 cm³/mol. The van der Waals surface area contributed by atoms with Gasteiger partial charge in [0.05, 0.1) is 0 Å². The molecular weight excluding hydrogens is 143 g/mol. The Morgan fingerprint density at radius 2 is 1.67 bits per heavy atom. The van der Waals surface area contributed by atoms with Crippen molar-refractivity contribution in [1.29, 1.82) is 0 Å². The maximum absolute atomic E-state index is 4.55. The van der Waals surface area contributed by atoms with Crippen molar-refractivity contribution in [3.63, 3.8) is 0 Å². The molecule has 0 aromatic carbocycles. The smallest absolute Gasteiger partial charge is 0.678 e. The maximum Gasteiger partial charge on any atom is 1.00 e. The van der Waals surface area contributed by atoms with Crippen molar-refractivity contribution in [2.75, 3.05) is 6.54 Å². The summed E-state index contributed by atoms with van der Waals surface area (Å²) < 4.78 is 0. The van der Waals surface area contributed by atoms with Crippen molar-refractivity contribution in [2.24, 2.45) is 0 Å². The van der Waals surface area contributed by atoms with Crippen LogP contribution in [0, 0.1) is 0 Å². The van der Waals surface area contributed by atoms with Crippen LogP contribution in [-0.2, 0) is 0 Å². The van der Waals surface area contributed by atoms with E-state index >= 15 is 0 Å². The number of rotatable bonds is 4. The largest absolute Gasteiger partial charge is 1.00 e. The Morgan fingerprint density at radius 3 is 1.92 bits per heavy atom. The standard InChI is InChI=1S/C9H20N2.Li/c1-6-8(10-7-2)11-9(3,4)5;/h8H,6-7H2,1-5H3;/q-2;+1.